The molecule has 2 atom stereocenters. The SMILES string of the molecule is COC(=O)c1cccc(C)c1NC(=O)C1CC1c1ccc(Cl)cc1. The maximum atomic E-state index is 12.6. The molecule has 0 aromatic heterocycles. The summed E-state index contributed by atoms with van der Waals surface area (Å²) in [4.78, 5) is 24.4. The second-order valence-corrected chi connectivity index (χ2v) is 6.41. The van der Waals surface area contributed by atoms with Crippen LogP contribution in [-0.2, 0) is 9.53 Å². The minimum absolute atomic E-state index is 0.0746. The van der Waals surface area contributed by atoms with Gasteiger partial charge in [-0.1, -0.05) is 35.9 Å². The molecule has 1 N–H and O–H groups in total. The zero-order chi connectivity index (χ0) is 17.3. The fourth-order valence-corrected chi connectivity index (χ4v) is 3.02. The maximum Gasteiger partial charge on any atom is 0.339 e. The first-order valence-electron chi connectivity index (χ1n) is 7.75. The average molecular weight is 344 g/mol. The van der Waals surface area contributed by atoms with E-state index in [1.165, 1.54) is 7.11 Å². The third kappa shape index (κ3) is 3.29. The van der Waals surface area contributed by atoms with Crippen LogP contribution in [0.2, 0.25) is 5.02 Å². The Kier molecular flexibility index (Phi) is 4.58. The molecule has 1 aliphatic rings. The van der Waals surface area contributed by atoms with Gasteiger partial charge < -0.3 is 10.1 Å². The number of anilines is 1. The summed E-state index contributed by atoms with van der Waals surface area (Å²) in [5.74, 6) is -0.419. The second-order valence-electron chi connectivity index (χ2n) is 5.98. The molecule has 2 aromatic rings. The third-order valence-electron chi connectivity index (χ3n) is 4.35. The molecule has 0 spiro atoms. The van der Waals surface area contributed by atoms with Crippen molar-refractivity contribution in [3.05, 3.63) is 64.2 Å². The first kappa shape index (κ1) is 16.5. The number of hydrogen-bond donors (Lipinski definition) is 1. The number of carbonyl (C=O) groups is 2. The van der Waals surface area contributed by atoms with Crippen LogP contribution in [0.3, 0.4) is 0 Å². The third-order valence-corrected chi connectivity index (χ3v) is 4.60. The Hall–Kier alpha value is -2.33. The smallest absolute Gasteiger partial charge is 0.339 e. The van der Waals surface area contributed by atoms with Gasteiger partial charge in [0, 0.05) is 10.9 Å². The first-order chi connectivity index (χ1) is 11.5. The van der Waals surface area contributed by atoms with E-state index in [2.05, 4.69) is 5.32 Å². The van der Waals surface area contributed by atoms with Crippen molar-refractivity contribution in [3.8, 4) is 0 Å². The number of rotatable bonds is 4. The largest absolute Gasteiger partial charge is 0.465 e. The number of aryl methyl sites for hydroxylation is 1. The lowest BCUT2D eigenvalue weighted by Gasteiger charge is -2.12. The molecule has 4 nitrogen and oxygen atoms in total. The fourth-order valence-electron chi connectivity index (χ4n) is 2.89. The van der Waals surface area contributed by atoms with Gasteiger partial charge in [0.15, 0.2) is 0 Å². The number of halogens is 1. The van der Waals surface area contributed by atoms with Crippen LogP contribution < -0.4 is 5.32 Å². The van der Waals surface area contributed by atoms with Crippen molar-refractivity contribution in [2.75, 3.05) is 12.4 Å². The number of methoxy groups -OCH3 is 1. The monoisotopic (exact) mass is 343 g/mol. The van der Waals surface area contributed by atoms with E-state index in [0.29, 0.717) is 16.3 Å². The lowest BCUT2D eigenvalue weighted by Crippen LogP contribution is -2.18. The molecule has 24 heavy (non-hydrogen) atoms. The second kappa shape index (κ2) is 6.65. The van der Waals surface area contributed by atoms with Gasteiger partial charge in [0.05, 0.1) is 18.4 Å². The predicted octanol–water partition coefficient (Wildman–Crippen LogP) is 4.18. The molecular weight excluding hydrogens is 326 g/mol. The van der Waals surface area contributed by atoms with Crippen LogP contribution in [0, 0.1) is 12.8 Å². The van der Waals surface area contributed by atoms with E-state index in [9.17, 15) is 9.59 Å². The van der Waals surface area contributed by atoms with Crippen LogP contribution in [0.15, 0.2) is 42.5 Å². The van der Waals surface area contributed by atoms with Gasteiger partial charge in [0.25, 0.3) is 0 Å². The minimum Gasteiger partial charge on any atom is -0.465 e. The number of esters is 1. The molecule has 0 bridgehead atoms. The molecule has 0 radical (unpaired) electrons. The van der Waals surface area contributed by atoms with Gasteiger partial charge in [-0.15, -0.1) is 0 Å². The highest BCUT2D eigenvalue weighted by atomic mass is 35.5. The van der Waals surface area contributed by atoms with Crippen LogP contribution in [0.25, 0.3) is 0 Å². The summed E-state index contributed by atoms with van der Waals surface area (Å²) in [6, 6.07) is 12.8. The molecular formula is C19H18ClNO3. The van der Waals surface area contributed by atoms with Crippen molar-refractivity contribution < 1.29 is 14.3 Å². The van der Waals surface area contributed by atoms with E-state index < -0.39 is 5.97 Å². The molecule has 3 rings (SSSR count). The van der Waals surface area contributed by atoms with Gasteiger partial charge in [-0.3, -0.25) is 4.79 Å². The molecule has 0 heterocycles. The van der Waals surface area contributed by atoms with E-state index in [-0.39, 0.29) is 17.7 Å². The molecule has 0 saturated heterocycles. The normalized spacial score (nSPS) is 18.8. The highest BCUT2D eigenvalue weighted by Crippen LogP contribution is 2.48. The van der Waals surface area contributed by atoms with E-state index in [1.54, 1.807) is 12.1 Å². The Balaban J connectivity index is 1.75. The van der Waals surface area contributed by atoms with E-state index in [0.717, 1.165) is 17.5 Å². The summed E-state index contributed by atoms with van der Waals surface area (Å²) in [6.45, 7) is 1.85. The molecule has 1 amide bonds. The highest BCUT2D eigenvalue weighted by Gasteiger charge is 2.44. The van der Waals surface area contributed by atoms with Gasteiger partial charge in [0.1, 0.15) is 0 Å². The molecule has 0 aliphatic heterocycles. The Labute approximate surface area is 145 Å². The molecule has 1 fully saturated rings. The zero-order valence-corrected chi connectivity index (χ0v) is 14.3. The standard InChI is InChI=1S/C19H18ClNO3/c1-11-4-3-5-14(19(23)24-2)17(11)21-18(22)16-10-15(16)12-6-8-13(20)9-7-12/h3-9,15-16H,10H2,1-2H3,(H,21,22). The first-order valence-corrected chi connectivity index (χ1v) is 8.13. The maximum absolute atomic E-state index is 12.6. The van der Waals surface area contributed by atoms with Crippen molar-refractivity contribution in [2.45, 2.75) is 19.3 Å². The number of carbonyl (C=O) groups excluding carboxylic acids is 2. The van der Waals surface area contributed by atoms with Crippen molar-refractivity contribution in [3.63, 3.8) is 0 Å². The van der Waals surface area contributed by atoms with Gasteiger partial charge in [-0.2, -0.15) is 0 Å². The van der Waals surface area contributed by atoms with Crippen LogP contribution in [0.5, 0.6) is 0 Å². The fraction of sp³-hybridized carbons (Fsp3) is 0.263. The number of para-hydroxylation sites is 1. The Morgan fingerprint density at radius 2 is 1.88 bits per heavy atom. The molecule has 5 heteroatoms. The van der Waals surface area contributed by atoms with Crippen LogP contribution in [-0.4, -0.2) is 19.0 Å². The van der Waals surface area contributed by atoms with Crippen molar-refractivity contribution in [1.82, 2.24) is 0 Å². The van der Waals surface area contributed by atoms with Gasteiger partial charge in [-0.05, 0) is 48.6 Å². The zero-order valence-electron chi connectivity index (χ0n) is 13.5. The number of amides is 1. The quantitative estimate of drug-likeness (QED) is 0.847. The molecule has 2 unspecified atom stereocenters. The van der Waals surface area contributed by atoms with Crippen molar-refractivity contribution in [1.29, 1.82) is 0 Å². The lowest BCUT2D eigenvalue weighted by molar-refractivity contribution is -0.117. The molecule has 124 valence electrons. The summed E-state index contributed by atoms with van der Waals surface area (Å²) in [5.41, 5.74) is 2.83. The summed E-state index contributed by atoms with van der Waals surface area (Å²) in [7, 11) is 1.33. The number of benzene rings is 2. The van der Waals surface area contributed by atoms with E-state index in [4.69, 9.17) is 16.3 Å². The van der Waals surface area contributed by atoms with Crippen LogP contribution in [0.1, 0.15) is 33.8 Å². The summed E-state index contributed by atoms with van der Waals surface area (Å²) in [5, 5.41) is 3.58. The Bertz CT molecular complexity index is 786. The number of ether oxygens (including phenoxy) is 1. The predicted molar refractivity (Wildman–Crippen MR) is 93.4 cm³/mol. The van der Waals surface area contributed by atoms with E-state index >= 15 is 0 Å². The highest BCUT2D eigenvalue weighted by molar-refractivity contribution is 6.30. The Morgan fingerprint density at radius 1 is 1.17 bits per heavy atom. The summed E-state index contributed by atoms with van der Waals surface area (Å²) < 4.78 is 4.79. The van der Waals surface area contributed by atoms with Gasteiger partial charge in [0.2, 0.25) is 5.91 Å². The molecule has 2 aromatic carbocycles. The summed E-state index contributed by atoms with van der Waals surface area (Å²) >= 11 is 5.90. The van der Waals surface area contributed by atoms with Gasteiger partial charge >= 0.3 is 5.97 Å². The minimum atomic E-state index is -0.459. The Morgan fingerprint density at radius 3 is 2.54 bits per heavy atom. The topological polar surface area (TPSA) is 55.4 Å². The molecule has 1 aliphatic carbocycles. The van der Waals surface area contributed by atoms with Crippen molar-refractivity contribution >= 4 is 29.2 Å². The van der Waals surface area contributed by atoms with Crippen LogP contribution >= 0.6 is 11.6 Å². The van der Waals surface area contributed by atoms with Crippen LogP contribution in [0.4, 0.5) is 5.69 Å². The molecule has 1 saturated carbocycles. The van der Waals surface area contributed by atoms with E-state index in [1.807, 2.05) is 37.3 Å². The summed E-state index contributed by atoms with van der Waals surface area (Å²) in [6.07, 6.45) is 0.799. The lowest BCUT2D eigenvalue weighted by atomic mass is 10.1. The van der Waals surface area contributed by atoms with Gasteiger partial charge in [-0.25, -0.2) is 4.79 Å². The average Bonchev–Trinajstić information content (AvgIpc) is 3.37. The number of hydrogen-bond acceptors (Lipinski definition) is 3. The number of nitrogens with one attached hydrogen (secondary N) is 1. The van der Waals surface area contributed by atoms with Crippen molar-refractivity contribution in [2.24, 2.45) is 5.92 Å².